The van der Waals surface area contributed by atoms with Gasteiger partial charge in [0.2, 0.25) is 11.9 Å². The summed E-state index contributed by atoms with van der Waals surface area (Å²) in [5.74, 6) is 0.0560. The molecule has 0 unspecified atom stereocenters. The van der Waals surface area contributed by atoms with Gasteiger partial charge in [0.05, 0.1) is 31.6 Å². The van der Waals surface area contributed by atoms with Gasteiger partial charge >= 0.3 is 0 Å². The van der Waals surface area contributed by atoms with Gasteiger partial charge in [-0.05, 0) is 43.2 Å². The summed E-state index contributed by atoms with van der Waals surface area (Å²) < 4.78 is 22.6. The summed E-state index contributed by atoms with van der Waals surface area (Å²) in [4.78, 5) is 37.2. The number of fused-ring (bicyclic) bond motifs is 1. The zero-order valence-electron chi connectivity index (χ0n) is 23.1. The Bertz CT molecular complexity index is 1600. The molecule has 3 N–H and O–H groups in total. The molecule has 4 heterocycles. The van der Waals surface area contributed by atoms with E-state index in [-0.39, 0.29) is 11.7 Å². The van der Waals surface area contributed by atoms with Gasteiger partial charge in [-0.25, -0.2) is 14.4 Å². The van der Waals surface area contributed by atoms with Crippen molar-refractivity contribution in [3.8, 4) is 17.0 Å². The number of hydrogen-bond acceptors (Lipinski definition) is 8. The van der Waals surface area contributed by atoms with Crippen LogP contribution in [0.2, 0.25) is 0 Å². The van der Waals surface area contributed by atoms with Crippen LogP contribution in [0.3, 0.4) is 0 Å². The van der Waals surface area contributed by atoms with Gasteiger partial charge in [-0.3, -0.25) is 14.3 Å². The van der Waals surface area contributed by atoms with Crippen LogP contribution in [0.25, 0.3) is 11.3 Å². The Hall–Kier alpha value is -4.78. The number of carbonyl (C=O) groups excluding carboxylic acids is 2. The van der Waals surface area contributed by atoms with Crippen molar-refractivity contribution in [2.45, 2.75) is 32.5 Å². The molecule has 5 rings (SSSR count). The van der Waals surface area contributed by atoms with Gasteiger partial charge in [-0.15, -0.1) is 0 Å². The highest BCUT2D eigenvalue weighted by molar-refractivity contribution is 5.98. The van der Waals surface area contributed by atoms with Crippen molar-refractivity contribution >= 4 is 23.6 Å². The van der Waals surface area contributed by atoms with E-state index >= 15 is 0 Å². The summed E-state index contributed by atoms with van der Waals surface area (Å²) >= 11 is 0. The van der Waals surface area contributed by atoms with Crippen LogP contribution >= 0.6 is 0 Å². The number of anilines is 2. The van der Waals surface area contributed by atoms with Gasteiger partial charge in [0, 0.05) is 50.2 Å². The minimum absolute atomic E-state index is 0.266. The van der Waals surface area contributed by atoms with E-state index < -0.39 is 30.4 Å². The zero-order chi connectivity index (χ0) is 29.3. The molecule has 2 amide bonds. The molecule has 2 atom stereocenters. The first-order valence-corrected chi connectivity index (χ1v) is 13.0. The van der Waals surface area contributed by atoms with Crippen LogP contribution in [0.1, 0.15) is 34.6 Å². The average Bonchev–Trinajstić information content (AvgIpc) is 3.58. The number of aryl methyl sites for hydroxylation is 2. The fourth-order valence-electron chi connectivity index (χ4n) is 4.81. The molecule has 1 aromatic carbocycles. The van der Waals surface area contributed by atoms with Crippen molar-refractivity contribution in [1.82, 2.24) is 34.5 Å². The minimum atomic E-state index is -0.875. The summed E-state index contributed by atoms with van der Waals surface area (Å²) in [7, 11) is 3.21. The first-order valence-electron chi connectivity index (χ1n) is 13.0. The maximum absolute atomic E-state index is 14.0. The Morgan fingerprint density at radius 2 is 2.05 bits per heavy atom. The molecule has 0 bridgehead atoms. The van der Waals surface area contributed by atoms with E-state index in [0.29, 0.717) is 36.0 Å². The summed E-state index contributed by atoms with van der Waals surface area (Å²) in [6.07, 6.45) is 5.25. The minimum Gasteiger partial charge on any atom is -0.497 e. The SMILES string of the molecule is COc1cc(F)cc([C@@H](CO)NC(=O)[C@@H](C)N2CCn3cc(-c4nc(Nc5ccnn5C)ncc4C)cc3C2=O)c1. The maximum Gasteiger partial charge on any atom is 0.271 e. The number of halogens is 1. The average molecular weight is 563 g/mol. The molecule has 0 saturated carbocycles. The second kappa shape index (κ2) is 11.4. The lowest BCUT2D eigenvalue weighted by molar-refractivity contribution is -0.126. The Morgan fingerprint density at radius 1 is 1.24 bits per heavy atom. The molecule has 0 saturated heterocycles. The van der Waals surface area contributed by atoms with E-state index in [2.05, 4.69) is 25.7 Å². The van der Waals surface area contributed by atoms with Crippen LogP contribution in [0.4, 0.5) is 16.2 Å². The molecule has 0 spiro atoms. The van der Waals surface area contributed by atoms with E-state index in [1.165, 1.54) is 24.1 Å². The predicted molar refractivity (Wildman–Crippen MR) is 148 cm³/mol. The van der Waals surface area contributed by atoms with Crippen LogP contribution in [0.15, 0.2) is 48.9 Å². The molecule has 1 aliphatic rings. The molecule has 3 aromatic heterocycles. The third-order valence-corrected chi connectivity index (χ3v) is 7.14. The molecular weight excluding hydrogens is 531 g/mol. The Morgan fingerprint density at radius 3 is 2.76 bits per heavy atom. The topological polar surface area (TPSA) is 139 Å². The molecule has 12 nitrogen and oxygen atoms in total. The van der Waals surface area contributed by atoms with Crippen molar-refractivity contribution in [1.29, 1.82) is 0 Å². The van der Waals surface area contributed by atoms with Crippen LogP contribution in [0.5, 0.6) is 5.75 Å². The van der Waals surface area contributed by atoms with Gasteiger partial charge in [0.15, 0.2) is 0 Å². The first kappa shape index (κ1) is 27.8. The molecule has 41 heavy (non-hydrogen) atoms. The molecule has 1 aliphatic heterocycles. The number of carbonyl (C=O) groups is 2. The van der Waals surface area contributed by atoms with Crippen LogP contribution < -0.4 is 15.4 Å². The van der Waals surface area contributed by atoms with Gasteiger partial charge in [-0.2, -0.15) is 5.10 Å². The number of nitrogens with zero attached hydrogens (tertiary/aromatic N) is 6. The standard InChI is InChI=1S/C28H31FN8O4/c1-16-13-30-28(33-24-5-6-31-35(24)3)34-25(16)19-11-23-27(40)37(8-7-36(23)14-19)17(2)26(39)32-22(15-38)18-9-20(29)12-21(10-18)41-4/h5-6,9-14,17,22,38H,7-8,15H2,1-4H3,(H,32,39)(H,30,33,34)/t17-,22-/m1/s1. The van der Waals surface area contributed by atoms with Crippen LogP contribution in [0, 0.1) is 12.7 Å². The second-order valence-corrected chi connectivity index (χ2v) is 9.84. The summed E-state index contributed by atoms with van der Waals surface area (Å²) in [5, 5.41) is 19.9. The largest absolute Gasteiger partial charge is 0.497 e. The van der Waals surface area contributed by atoms with Gasteiger partial charge in [0.1, 0.15) is 29.1 Å². The van der Waals surface area contributed by atoms with E-state index in [0.717, 1.165) is 16.9 Å². The number of aliphatic hydroxyl groups is 1. The first-order chi connectivity index (χ1) is 19.7. The van der Waals surface area contributed by atoms with E-state index in [1.54, 1.807) is 43.2 Å². The highest BCUT2D eigenvalue weighted by Gasteiger charge is 2.33. The number of nitrogens with one attached hydrogen (secondary N) is 2. The fraction of sp³-hybridized carbons (Fsp3) is 0.321. The predicted octanol–water partition coefficient (Wildman–Crippen LogP) is 2.57. The van der Waals surface area contributed by atoms with Crippen LogP contribution in [-0.2, 0) is 18.4 Å². The van der Waals surface area contributed by atoms with E-state index in [9.17, 15) is 19.1 Å². The lowest BCUT2D eigenvalue weighted by Gasteiger charge is -2.33. The Kier molecular flexibility index (Phi) is 7.70. The Balaban J connectivity index is 1.33. The fourth-order valence-corrected chi connectivity index (χ4v) is 4.81. The quantitative estimate of drug-likeness (QED) is 0.283. The summed E-state index contributed by atoms with van der Waals surface area (Å²) in [5.41, 5.74) is 3.04. The summed E-state index contributed by atoms with van der Waals surface area (Å²) in [6, 6.07) is 5.83. The number of methoxy groups -OCH3 is 1. The number of amides is 2. The normalized spacial score (nSPS) is 14.4. The summed E-state index contributed by atoms with van der Waals surface area (Å²) in [6.45, 7) is 3.85. The number of aromatic nitrogens is 5. The van der Waals surface area contributed by atoms with Crippen molar-refractivity contribution < 1.29 is 23.8 Å². The smallest absolute Gasteiger partial charge is 0.271 e. The Labute approximate surface area is 235 Å². The molecule has 4 aromatic rings. The van der Waals surface area contributed by atoms with E-state index in [4.69, 9.17) is 4.74 Å². The monoisotopic (exact) mass is 562 g/mol. The molecule has 0 radical (unpaired) electrons. The number of ether oxygens (including phenoxy) is 1. The van der Waals surface area contributed by atoms with Gasteiger partial charge < -0.3 is 29.9 Å². The number of benzene rings is 1. The lowest BCUT2D eigenvalue weighted by Crippen LogP contribution is -2.52. The van der Waals surface area contributed by atoms with Crippen molar-refractivity contribution in [2.24, 2.45) is 7.05 Å². The highest BCUT2D eigenvalue weighted by atomic mass is 19.1. The van der Waals surface area contributed by atoms with Crippen molar-refractivity contribution in [2.75, 3.05) is 25.6 Å². The molecule has 13 heteroatoms. The second-order valence-electron chi connectivity index (χ2n) is 9.84. The third kappa shape index (κ3) is 5.61. The third-order valence-electron chi connectivity index (χ3n) is 7.14. The maximum atomic E-state index is 14.0. The van der Waals surface area contributed by atoms with E-state index in [1.807, 2.05) is 23.8 Å². The molecule has 0 fully saturated rings. The number of hydrogen-bond donors (Lipinski definition) is 3. The van der Waals surface area contributed by atoms with Gasteiger partial charge in [0.25, 0.3) is 5.91 Å². The number of aliphatic hydroxyl groups excluding tert-OH is 1. The molecular formula is C28H31FN8O4. The van der Waals surface area contributed by atoms with Crippen molar-refractivity contribution in [3.63, 3.8) is 0 Å². The lowest BCUT2D eigenvalue weighted by atomic mass is 10.1. The van der Waals surface area contributed by atoms with Gasteiger partial charge in [-0.1, -0.05) is 0 Å². The molecule has 0 aliphatic carbocycles. The molecule has 214 valence electrons. The van der Waals surface area contributed by atoms with Crippen LogP contribution in [-0.4, -0.2) is 72.4 Å². The zero-order valence-corrected chi connectivity index (χ0v) is 23.1. The highest BCUT2D eigenvalue weighted by Crippen LogP contribution is 2.28. The van der Waals surface area contributed by atoms with Crippen molar-refractivity contribution in [3.05, 3.63) is 71.6 Å². The number of rotatable bonds is 9.